The molecule has 0 unspecified atom stereocenters. The van der Waals surface area contributed by atoms with Crippen molar-refractivity contribution in [3.8, 4) is 0 Å². The third-order valence-corrected chi connectivity index (χ3v) is 7.49. The summed E-state index contributed by atoms with van der Waals surface area (Å²) in [5.41, 5.74) is 1.38. The Bertz CT molecular complexity index is 1290. The standard InChI is InChI=1S/C21H16BrN3O3S2/c22-15-9-10-18-19(12-15)29-21(24-18)25(13-16-6-4-5-11-23-16)20(26)14-30(27,28)17-7-2-1-3-8-17/h1-12H,13-14H2. The van der Waals surface area contributed by atoms with Crippen LogP contribution in [0, 0.1) is 0 Å². The normalized spacial score (nSPS) is 11.5. The van der Waals surface area contributed by atoms with Gasteiger partial charge in [-0.2, -0.15) is 0 Å². The van der Waals surface area contributed by atoms with E-state index in [-0.39, 0.29) is 11.4 Å². The van der Waals surface area contributed by atoms with Crippen molar-refractivity contribution in [2.45, 2.75) is 11.4 Å². The Labute approximate surface area is 186 Å². The molecule has 2 aromatic heterocycles. The highest BCUT2D eigenvalue weighted by molar-refractivity contribution is 9.10. The summed E-state index contributed by atoms with van der Waals surface area (Å²) in [4.78, 5) is 23.5. The first-order valence-corrected chi connectivity index (χ1v) is 12.2. The van der Waals surface area contributed by atoms with Crippen LogP contribution in [0.1, 0.15) is 5.69 Å². The van der Waals surface area contributed by atoms with Crippen LogP contribution in [-0.2, 0) is 21.2 Å². The van der Waals surface area contributed by atoms with Gasteiger partial charge in [-0.1, -0.05) is 51.5 Å². The van der Waals surface area contributed by atoms with Crippen molar-refractivity contribution in [2.75, 3.05) is 10.7 Å². The fourth-order valence-electron chi connectivity index (χ4n) is 2.87. The molecule has 152 valence electrons. The molecule has 0 N–H and O–H groups in total. The minimum Gasteiger partial charge on any atom is -0.281 e. The number of hydrogen-bond donors (Lipinski definition) is 0. The van der Waals surface area contributed by atoms with Gasteiger partial charge in [0.15, 0.2) is 15.0 Å². The predicted octanol–water partition coefficient (Wildman–Crippen LogP) is 4.46. The summed E-state index contributed by atoms with van der Waals surface area (Å²) >= 11 is 4.77. The van der Waals surface area contributed by atoms with Gasteiger partial charge in [-0.3, -0.25) is 14.7 Å². The molecule has 6 nitrogen and oxygen atoms in total. The summed E-state index contributed by atoms with van der Waals surface area (Å²) in [6.45, 7) is 0.130. The van der Waals surface area contributed by atoms with E-state index >= 15 is 0 Å². The maximum Gasteiger partial charge on any atom is 0.244 e. The molecule has 0 bridgehead atoms. The molecule has 0 aliphatic carbocycles. The predicted molar refractivity (Wildman–Crippen MR) is 121 cm³/mol. The van der Waals surface area contributed by atoms with Gasteiger partial charge >= 0.3 is 0 Å². The molecule has 30 heavy (non-hydrogen) atoms. The highest BCUT2D eigenvalue weighted by Crippen LogP contribution is 2.32. The second kappa shape index (κ2) is 8.63. The van der Waals surface area contributed by atoms with Crippen molar-refractivity contribution in [1.29, 1.82) is 0 Å². The molecular formula is C21H16BrN3O3S2. The van der Waals surface area contributed by atoms with E-state index in [4.69, 9.17) is 0 Å². The van der Waals surface area contributed by atoms with Crippen LogP contribution in [0.5, 0.6) is 0 Å². The monoisotopic (exact) mass is 501 g/mol. The molecule has 4 aromatic rings. The average molecular weight is 502 g/mol. The number of fused-ring (bicyclic) bond motifs is 1. The number of nitrogens with zero attached hydrogens (tertiary/aromatic N) is 3. The lowest BCUT2D eigenvalue weighted by Crippen LogP contribution is -2.35. The zero-order valence-corrected chi connectivity index (χ0v) is 18.8. The molecule has 1 amide bonds. The summed E-state index contributed by atoms with van der Waals surface area (Å²) in [5.74, 6) is -1.20. The molecular weight excluding hydrogens is 486 g/mol. The number of carbonyl (C=O) groups excluding carboxylic acids is 1. The molecule has 2 aromatic carbocycles. The third kappa shape index (κ3) is 4.58. The Hall–Kier alpha value is -2.62. The first-order chi connectivity index (χ1) is 14.4. The van der Waals surface area contributed by atoms with Crippen molar-refractivity contribution in [3.63, 3.8) is 0 Å². The molecule has 9 heteroatoms. The van der Waals surface area contributed by atoms with Crippen LogP contribution in [0.25, 0.3) is 10.2 Å². The van der Waals surface area contributed by atoms with Crippen LogP contribution in [0.2, 0.25) is 0 Å². The molecule has 2 heterocycles. The minimum atomic E-state index is -3.78. The van der Waals surface area contributed by atoms with Crippen LogP contribution in [0.4, 0.5) is 5.13 Å². The number of amides is 1. The van der Waals surface area contributed by atoms with Crippen LogP contribution < -0.4 is 4.90 Å². The number of sulfone groups is 1. The highest BCUT2D eigenvalue weighted by atomic mass is 79.9. The van der Waals surface area contributed by atoms with E-state index in [9.17, 15) is 13.2 Å². The maximum atomic E-state index is 13.2. The molecule has 0 saturated carbocycles. The number of anilines is 1. The van der Waals surface area contributed by atoms with E-state index in [0.29, 0.717) is 10.8 Å². The van der Waals surface area contributed by atoms with Crippen LogP contribution in [-0.4, -0.2) is 30.0 Å². The summed E-state index contributed by atoms with van der Waals surface area (Å²) in [5, 5.41) is 0.432. The van der Waals surface area contributed by atoms with E-state index in [1.807, 2.05) is 24.3 Å². The molecule has 0 aliphatic heterocycles. The van der Waals surface area contributed by atoms with Gasteiger partial charge in [0, 0.05) is 10.7 Å². The van der Waals surface area contributed by atoms with Crippen LogP contribution >= 0.6 is 27.3 Å². The zero-order valence-electron chi connectivity index (χ0n) is 15.6. The lowest BCUT2D eigenvalue weighted by atomic mass is 10.3. The number of benzene rings is 2. The summed E-state index contributed by atoms with van der Waals surface area (Å²) in [7, 11) is -3.78. The molecule has 0 spiro atoms. The minimum absolute atomic E-state index is 0.115. The van der Waals surface area contributed by atoms with Crippen molar-refractivity contribution >= 4 is 58.4 Å². The lowest BCUT2D eigenvalue weighted by molar-refractivity contribution is -0.116. The SMILES string of the molecule is O=C(CS(=O)(=O)c1ccccc1)N(Cc1ccccn1)c1nc2ccc(Br)cc2s1. The van der Waals surface area contributed by atoms with Gasteiger partial charge in [-0.25, -0.2) is 13.4 Å². The smallest absolute Gasteiger partial charge is 0.244 e. The van der Waals surface area contributed by atoms with Gasteiger partial charge in [0.1, 0.15) is 5.75 Å². The lowest BCUT2D eigenvalue weighted by Gasteiger charge is -2.19. The fraction of sp³-hybridized carbons (Fsp3) is 0.0952. The Balaban J connectivity index is 1.70. The average Bonchev–Trinajstić information content (AvgIpc) is 3.15. The van der Waals surface area contributed by atoms with E-state index in [0.717, 1.165) is 14.7 Å². The number of hydrogen-bond acceptors (Lipinski definition) is 6. The number of carbonyl (C=O) groups is 1. The maximum absolute atomic E-state index is 13.2. The molecule has 0 saturated heterocycles. The summed E-state index contributed by atoms with van der Waals surface area (Å²) in [6, 6.07) is 19.0. The Morgan fingerprint density at radius 2 is 1.80 bits per heavy atom. The van der Waals surface area contributed by atoms with Crippen molar-refractivity contribution in [1.82, 2.24) is 9.97 Å². The van der Waals surface area contributed by atoms with E-state index in [1.165, 1.54) is 28.4 Å². The number of aromatic nitrogens is 2. The molecule has 0 atom stereocenters. The van der Waals surface area contributed by atoms with Crippen molar-refractivity contribution in [2.24, 2.45) is 0 Å². The summed E-state index contributed by atoms with van der Waals surface area (Å²) < 4.78 is 27.3. The molecule has 4 rings (SSSR count). The van der Waals surface area contributed by atoms with Gasteiger partial charge in [0.2, 0.25) is 5.91 Å². The van der Waals surface area contributed by atoms with E-state index in [2.05, 4.69) is 25.9 Å². The topological polar surface area (TPSA) is 80.2 Å². The zero-order chi connectivity index (χ0) is 21.1. The van der Waals surface area contributed by atoms with Crippen molar-refractivity contribution < 1.29 is 13.2 Å². The number of rotatable bonds is 6. The fourth-order valence-corrected chi connectivity index (χ4v) is 5.62. The van der Waals surface area contributed by atoms with Gasteiger partial charge in [-0.15, -0.1) is 0 Å². The van der Waals surface area contributed by atoms with Crippen molar-refractivity contribution in [3.05, 3.63) is 83.1 Å². The van der Waals surface area contributed by atoms with E-state index < -0.39 is 21.5 Å². The molecule has 0 fully saturated rings. The quantitative estimate of drug-likeness (QED) is 0.389. The first-order valence-electron chi connectivity index (χ1n) is 8.96. The number of halogens is 1. The second-order valence-electron chi connectivity index (χ2n) is 6.48. The second-order valence-corrected chi connectivity index (χ2v) is 10.4. The first kappa shape index (κ1) is 20.6. The number of thiazole rings is 1. The largest absolute Gasteiger partial charge is 0.281 e. The Morgan fingerprint density at radius 3 is 2.53 bits per heavy atom. The molecule has 0 radical (unpaired) electrons. The van der Waals surface area contributed by atoms with Gasteiger partial charge in [0.05, 0.1) is 27.4 Å². The number of pyridine rings is 1. The van der Waals surface area contributed by atoms with Crippen LogP contribution in [0.15, 0.2) is 82.3 Å². The summed E-state index contributed by atoms with van der Waals surface area (Å²) in [6.07, 6.45) is 1.63. The molecule has 0 aliphatic rings. The Morgan fingerprint density at radius 1 is 1.03 bits per heavy atom. The van der Waals surface area contributed by atoms with Crippen LogP contribution in [0.3, 0.4) is 0 Å². The van der Waals surface area contributed by atoms with Gasteiger partial charge in [0.25, 0.3) is 0 Å². The van der Waals surface area contributed by atoms with Gasteiger partial charge in [-0.05, 0) is 42.5 Å². The third-order valence-electron chi connectivity index (χ3n) is 4.33. The van der Waals surface area contributed by atoms with Gasteiger partial charge < -0.3 is 0 Å². The Kier molecular flexibility index (Phi) is 5.94. The highest BCUT2D eigenvalue weighted by Gasteiger charge is 2.27. The van der Waals surface area contributed by atoms with E-state index in [1.54, 1.807) is 36.5 Å².